The average Bonchev–Trinajstić information content (AvgIpc) is 2.87. The normalized spacial score (nSPS) is 19.8. The SMILES string of the molecule is CCNC(C)(CCN(C)CCN1CCCC1)C(=O)O. The monoisotopic (exact) mass is 271 g/mol. The first kappa shape index (κ1) is 16.4. The molecule has 1 fully saturated rings. The van der Waals surface area contributed by atoms with E-state index < -0.39 is 11.5 Å². The second-order valence-electron chi connectivity index (χ2n) is 5.77. The highest BCUT2D eigenvalue weighted by molar-refractivity contribution is 5.78. The molecule has 2 N–H and O–H groups in total. The van der Waals surface area contributed by atoms with Gasteiger partial charge < -0.3 is 20.2 Å². The third kappa shape index (κ3) is 5.47. The summed E-state index contributed by atoms with van der Waals surface area (Å²) in [6.07, 6.45) is 3.27. The second kappa shape index (κ2) is 7.82. The first-order valence-corrected chi connectivity index (χ1v) is 7.37. The third-order valence-corrected chi connectivity index (χ3v) is 4.03. The van der Waals surface area contributed by atoms with Crippen molar-refractivity contribution < 1.29 is 9.90 Å². The van der Waals surface area contributed by atoms with Crippen molar-refractivity contribution in [2.45, 2.75) is 38.6 Å². The smallest absolute Gasteiger partial charge is 0.323 e. The zero-order valence-corrected chi connectivity index (χ0v) is 12.6. The highest BCUT2D eigenvalue weighted by Crippen LogP contribution is 2.11. The predicted octanol–water partition coefficient (Wildman–Crippen LogP) is 0.857. The highest BCUT2D eigenvalue weighted by atomic mass is 16.4. The predicted molar refractivity (Wildman–Crippen MR) is 77.5 cm³/mol. The minimum atomic E-state index is -0.809. The van der Waals surface area contributed by atoms with Crippen molar-refractivity contribution in [2.75, 3.05) is 46.3 Å². The summed E-state index contributed by atoms with van der Waals surface area (Å²) < 4.78 is 0. The summed E-state index contributed by atoms with van der Waals surface area (Å²) in [5.74, 6) is -0.762. The molecule has 1 unspecified atom stereocenters. The highest BCUT2D eigenvalue weighted by Gasteiger charge is 2.31. The van der Waals surface area contributed by atoms with Crippen molar-refractivity contribution in [1.29, 1.82) is 0 Å². The van der Waals surface area contributed by atoms with Gasteiger partial charge in [-0.3, -0.25) is 4.79 Å². The molecule has 1 heterocycles. The van der Waals surface area contributed by atoms with Gasteiger partial charge in [-0.05, 0) is 52.9 Å². The van der Waals surface area contributed by atoms with Crippen molar-refractivity contribution >= 4 is 5.97 Å². The fraction of sp³-hybridized carbons (Fsp3) is 0.929. The van der Waals surface area contributed by atoms with E-state index in [9.17, 15) is 9.90 Å². The molecule has 0 bridgehead atoms. The lowest BCUT2D eigenvalue weighted by atomic mass is 9.97. The molecule has 19 heavy (non-hydrogen) atoms. The number of carboxylic acids is 1. The maximum Gasteiger partial charge on any atom is 0.323 e. The topological polar surface area (TPSA) is 55.8 Å². The Morgan fingerprint density at radius 2 is 2.00 bits per heavy atom. The Morgan fingerprint density at radius 3 is 2.53 bits per heavy atom. The molecule has 0 aromatic heterocycles. The molecular weight excluding hydrogens is 242 g/mol. The number of likely N-dealkylation sites (N-methyl/N-ethyl adjacent to an activating group) is 2. The van der Waals surface area contributed by atoms with E-state index in [4.69, 9.17) is 0 Å². The quantitative estimate of drug-likeness (QED) is 0.651. The summed E-state index contributed by atoms with van der Waals surface area (Å²) in [6.45, 7) is 9.76. The Hall–Kier alpha value is -0.650. The Bertz CT molecular complexity index is 280. The van der Waals surface area contributed by atoms with E-state index in [1.165, 1.54) is 25.9 Å². The summed E-state index contributed by atoms with van der Waals surface area (Å²) in [6, 6.07) is 0. The number of nitrogens with zero attached hydrogens (tertiary/aromatic N) is 2. The van der Waals surface area contributed by atoms with Crippen LogP contribution in [0.15, 0.2) is 0 Å². The minimum absolute atomic E-state index is 0.632. The largest absolute Gasteiger partial charge is 0.480 e. The lowest BCUT2D eigenvalue weighted by molar-refractivity contribution is -0.144. The zero-order valence-electron chi connectivity index (χ0n) is 12.6. The van der Waals surface area contributed by atoms with Gasteiger partial charge in [-0.2, -0.15) is 0 Å². The van der Waals surface area contributed by atoms with E-state index in [2.05, 4.69) is 22.2 Å². The summed E-state index contributed by atoms with van der Waals surface area (Å²) in [5.41, 5.74) is -0.809. The summed E-state index contributed by atoms with van der Waals surface area (Å²) >= 11 is 0. The first-order valence-electron chi connectivity index (χ1n) is 7.37. The zero-order chi connectivity index (χ0) is 14.3. The van der Waals surface area contributed by atoms with Gasteiger partial charge in [0, 0.05) is 19.6 Å². The van der Waals surface area contributed by atoms with Crippen LogP contribution in [0.1, 0.15) is 33.1 Å². The molecular formula is C14H29N3O2. The van der Waals surface area contributed by atoms with Gasteiger partial charge in [0.1, 0.15) is 5.54 Å². The molecule has 1 atom stereocenters. The molecule has 0 radical (unpaired) electrons. The van der Waals surface area contributed by atoms with Gasteiger partial charge in [-0.25, -0.2) is 0 Å². The van der Waals surface area contributed by atoms with Crippen LogP contribution in [0.25, 0.3) is 0 Å². The van der Waals surface area contributed by atoms with Crippen molar-refractivity contribution in [3.8, 4) is 0 Å². The molecule has 0 saturated carbocycles. The van der Waals surface area contributed by atoms with Crippen LogP contribution >= 0.6 is 0 Å². The molecule has 0 aliphatic carbocycles. The Balaban J connectivity index is 2.26. The molecule has 0 aromatic carbocycles. The Morgan fingerprint density at radius 1 is 1.37 bits per heavy atom. The first-order chi connectivity index (χ1) is 8.98. The van der Waals surface area contributed by atoms with Gasteiger partial charge >= 0.3 is 5.97 Å². The van der Waals surface area contributed by atoms with Crippen molar-refractivity contribution in [2.24, 2.45) is 0 Å². The van der Waals surface area contributed by atoms with E-state index >= 15 is 0 Å². The average molecular weight is 271 g/mol. The van der Waals surface area contributed by atoms with Crippen molar-refractivity contribution in [3.05, 3.63) is 0 Å². The van der Waals surface area contributed by atoms with Crippen LogP contribution in [-0.2, 0) is 4.79 Å². The van der Waals surface area contributed by atoms with E-state index in [1.807, 2.05) is 6.92 Å². The number of rotatable bonds is 9. The van der Waals surface area contributed by atoms with E-state index in [-0.39, 0.29) is 0 Å². The van der Waals surface area contributed by atoms with Gasteiger partial charge in [0.15, 0.2) is 0 Å². The van der Waals surface area contributed by atoms with Gasteiger partial charge in [0.25, 0.3) is 0 Å². The van der Waals surface area contributed by atoms with Crippen LogP contribution in [0.5, 0.6) is 0 Å². The standard InChI is InChI=1S/C14H29N3O2/c1-4-15-14(2,13(18)19)7-10-16(3)11-12-17-8-5-6-9-17/h15H,4-12H2,1-3H3,(H,18,19). The molecule has 1 aliphatic heterocycles. The Kier molecular flexibility index (Phi) is 6.75. The number of carbonyl (C=O) groups is 1. The summed E-state index contributed by atoms with van der Waals surface area (Å²) in [5, 5.41) is 12.4. The fourth-order valence-electron chi connectivity index (χ4n) is 2.51. The lowest BCUT2D eigenvalue weighted by Crippen LogP contribution is -2.51. The van der Waals surface area contributed by atoms with Crippen LogP contribution in [0.2, 0.25) is 0 Å². The molecule has 1 rings (SSSR count). The molecule has 0 amide bonds. The molecule has 112 valence electrons. The fourth-order valence-corrected chi connectivity index (χ4v) is 2.51. The number of nitrogens with one attached hydrogen (secondary N) is 1. The molecule has 5 heteroatoms. The molecule has 1 aliphatic rings. The summed E-state index contributed by atoms with van der Waals surface area (Å²) in [7, 11) is 2.07. The molecule has 1 saturated heterocycles. The number of carboxylic acid groups (broad SMARTS) is 1. The maximum atomic E-state index is 11.3. The maximum absolute atomic E-state index is 11.3. The minimum Gasteiger partial charge on any atom is -0.480 e. The van der Waals surface area contributed by atoms with E-state index in [1.54, 1.807) is 6.92 Å². The number of hydrogen-bond acceptors (Lipinski definition) is 4. The lowest BCUT2D eigenvalue weighted by Gasteiger charge is -2.29. The van der Waals surface area contributed by atoms with Crippen LogP contribution in [0.3, 0.4) is 0 Å². The summed E-state index contributed by atoms with van der Waals surface area (Å²) in [4.78, 5) is 16.0. The van der Waals surface area contributed by atoms with Crippen LogP contribution in [0, 0.1) is 0 Å². The Labute approximate surface area is 117 Å². The molecule has 0 aromatic rings. The van der Waals surface area contributed by atoms with Gasteiger partial charge in [0.05, 0.1) is 0 Å². The van der Waals surface area contributed by atoms with Gasteiger partial charge in [-0.1, -0.05) is 6.92 Å². The number of likely N-dealkylation sites (tertiary alicyclic amines) is 1. The molecule has 5 nitrogen and oxygen atoms in total. The van der Waals surface area contributed by atoms with E-state index in [0.29, 0.717) is 13.0 Å². The van der Waals surface area contributed by atoms with Crippen molar-refractivity contribution in [3.63, 3.8) is 0 Å². The van der Waals surface area contributed by atoms with Crippen LogP contribution in [0.4, 0.5) is 0 Å². The van der Waals surface area contributed by atoms with Crippen molar-refractivity contribution in [1.82, 2.24) is 15.1 Å². The second-order valence-corrected chi connectivity index (χ2v) is 5.77. The van der Waals surface area contributed by atoms with E-state index in [0.717, 1.165) is 19.6 Å². The third-order valence-electron chi connectivity index (χ3n) is 4.03. The van der Waals surface area contributed by atoms with Gasteiger partial charge in [-0.15, -0.1) is 0 Å². The number of hydrogen-bond donors (Lipinski definition) is 2. The van der Waals surface area contributed by atoms with Crippen LogP contribution in [-0.4, -0.2) is 72.7 Å². The van der Waals surface area contributed by atoms with Crippen LogP contribution < -0.4 is 5.32 Å². The number of aliphatic carboxylic acids is 1. The molecule has 0 spiro atoms. The van der Waals surface area contributed by atoms with Gasteiger partial charge in [0.2, 0.25) is 0 Å².